The zero-order valence-corrected chi connectivity index (χ0v) is 14.3. The lowest BCUT2D eigenvalue weighted by molar-refractivity contribution is 0.399. The molecule has 1 aromatic carbocycles. The van der Waals surface area contributed by atoms with Crippen molar-refractivity contribution in [1.29, 1.82) is 0 Å². The Balaban J connectivity index is 0.00000324. The number of hydrogen-bond acceptors (Lipinski definition) is 4. The van der Waals surface area contributed by atoms with E-state index in [2.05, 4.69) is 20.7 Å². The van der Waals surface area contributed by atoms with Crippen molar-refractivity contribution in [3.8, 4) is 5.75 Å². The fourth-order valence-electron chi connectivity index (χ4n) is 1.31. The zero-order chi connectivity index (χ0) is 13.9. The molecule has 0 heterocycles. The van der Waals surface area contributed by atoms with E-state index < -0.39 is 10.0 Å². The van der Waals surface area contributed by atoms with E-state index in [1.807, 2.05) is 0 Å². The van der Waals surface area contributed by atoms with Gasteiger partial charge >= 0.3 is 0 Å². The third-order valence-corrected chi connectivity index (χ3v) is 4.58. The van der Waals surface area contributed by atoms with E-state index in [0.717, 1.165) is 0 Å². The Morgan fingerprint density at radius 2 is 2.11 bits per heavy atom. The molecule has 0 saturated carbocycles. The lowest BCUT2D eigenvalue weighted by Gasteiger charge is -2.15. The van der Waals surface area contributed by atoms with Crippen molar-refractivity contribution in [1.82, 2.24) is 4.72 Å². The van der Waals surface area contributed by atoms with Gasteiger partial charge in [0, 0.05) is 17.6 Å². The van der Waals surface area contributed by atoms with Gasteiger partial charge in [-0.15, -0.1) is 12.4 Å². The van der Waals surface area contributed by atoms with Crippen LogP contribution in [0.15, 0.2) is 21.5 Å². The summed E-state index contributed by atoms with van der Waals surface area (Å²) in [7, 11) is -2.34. The van der Waals surface area contributed by atoms with Crippen LogP contribution in [0.3, 0.4) is 0 Å². The van der Waals surface area contributed by atoms with Crippen LogP contribution < -0.4 is 15.2 Å². The molecule has 9 heteroatoms. The van der Waals surface area contributed by atoms with E-state index in [4.69, 9.17) is 22.1 Å². The number of sulfonamides is 1. The Bertz CT molecular complexity index is 540. The molecule has 0 aliphatic heterocycles. The van der Waals surface area contributed by atoms with Crippen LogP contribution in [0.5, 0.6) is 5.75 Å². The van der Waals surface area contributed by atoms with Gasteiger partial charge < -0.3 is 10.5 Å². The first kappa shape index (κ1) is 18.9. The van der Waals surface area contributed by atoms with Gasteiger partial charge in [0.05, 0.1) is 11.6 Å². The number of nitrogens with one attached hydrogen (secondary N) is 1. The van der Waals surface area contributed by atoms with Gasteiger partial charge in [0.1, 0.15) is 4.90 Å². The lowest BCUT2D eigenvalue weighted by Crippen LogP contribution is -2.37. The largest absolute Gasteiger partial charge is 0.494 e. The fraction of sp³-hybridized carbons (Fsp3) is 0.400. The number of rotatable bonds is 5. The first-order chi connectivity index (χ1) is 8.31. The minimum absolute atomic E-state index is 0. The second-order valence-electron chi connectivity index (χ2n) is 3.68. The molecule has 0 unspecified atom stereocenters. The molecule has 0 fully saturated rings. The van der Waals surface area contributed by atoms with Gasteiger partial charge in [-0.05, 0) is 35.0 Å². The molecule has 0 amide bonds. The second kappa shape index (κ2) is 7.66. The quantitative estimate of drug-likeness (QED) is 0.802. The minimum atomic E-state index is -3.73. The molecule has 0 radical (unpaired) electrons. The van der Waals surface area contributed by atoms with Crippen LogP contribution in [0.25, 0.3) is 0 Å². The van der Waals surface area contributed by atoms with E-state index in [-0.39, 0.29) is 35.6 Å². The summed E-state index contributed by atoms with van der Waals surface area (Å²) in [5, 5.41) is 0.295. The predicted octanol–water partition coefficient (Wildman–Crippen LogP) is 2.16. The zero-order valence-electron chi connectivity index (χ0n) is 10.3. The molecule has 110 valence electrons. The first-order valence-electron chi connectivity index (χ1n) is 5.07. The molecule has 0 spiro atoms. The molecule has 1 aromatic rings. The van der Waals surface area contributed by atoms with E-state index in [1.54, 1.807) is 13.0 Å². The summed E-state index contributed by atoms with van der Waals surface area (Å²) in [6, 6.07) is 2.51. The molecular weight excluding hydrogens is 379 g/mol. The van der Waals surface area contributed by atoms with Crippen molar-refractivity contribution >= 4 is 50.0 Å². The first-order valence-corrected chi connectivity index (χ1v) is 7.72. The van der Waals surface area contributed by atoms with Crippen molar-refractivity contribution in [2.75, 3.05) is 13.7 Å². The van der Waals surface area contributed by atoms with Crippen molar-refractivity contribution < 1.29 is 13.2 Å². The highest BCUT2D eigenvalue weighted by molar-refractivity contribution is 9.10. The monoisotopic (exact) mass is 392 g/mol. The summed E-state index contributed by atoms with van der Waals surface area (Å²) >= 11 is 9.06. The predicted molar refractivity (Wildman–Crippen MR) is 81.8 cm³/mol. The van der Waals surface area contributed by atoms with E-state index in [9.17, 15) is 8.42 Å². The van der Waals surface area contributed by atoms with Gasteiger partial charge in [-0.1, -0.05) is 11.6 Å². The maximum atomic E-state index is 12.2. The molecule has 0 aliphatic carbocycles. The third kappa shape index (κ3) is 4.77. The summed E-state index contributed by atoms with van der Waals surface area (Å²) in [4.78, 5) is -0.0234. The summed E-state index contributed by atoms with van der Waals surface area (Å²) in [6.07, 6.45) is 0. The summed E-state index contributed by atoms with van der Waals surface area (Å²) in [5.74, 6) is 0.205. The Labute approximate surface area is 132 Å². The highest BCUT2D eigenvalue weighted by atomic mass is 79.9. The normalized spacial score (nSPS) is 12.7. The Morgan fingerprint density at radius 1 is 1.53 bits per heavy atom. The van der Waals surface area contributed by atoms with Gasteiger partial charge in [0.25, 0.3) is 0 Å². The van der Waals surface area contributed by atoms with Gasteiger partial charge in [-0.3, -0.25) is 0 Å². The third-order valence-electron chi connectivity index (χ3n) is 2.18. The van der Waals surface area contributed by atoms with E-state index in [1.165, 1.54) is 13.2 Å². The minimum Gasteiger partial charge on any atom is -0.494 e. The van der Waals surface area contributed by atoms with Crippen molar-refractivity contribution in [2.24, 2.45) is 5.73 Å². The number of hydrogen-bond donors (Lipinski definition) is 2. The van der Waals surface area contributed by atoms with Gasteiger partial charge in [0.15, 0.2) is 5.75 Å². The second-order valence-corrected chi connectivity index (χ2v) is 6.65. The Morgan fingerprint density at radius 3 is 2.58 bits per heavy atom. The number of ether oxygens (including phenoxy) is 1. The highest BCUT2D eigenvalue weighted by Crippen LogP contribution is 2.35. The number of nitrogens with two attached hydrogens (primary N) is 1. The van der Waals surface area contributed by atoms with Crippen molar-refractivity contribution in [3.63, 3.8) is 0 Å². The van der Waals surface area contributed by atoms with Crippen LogP contribution in [-0.2, 0) is 10.0 Å². The Hall–Kier alpha value is -0.0500. The molecule has 5 nitrogen and oxygen atoms in total. The van der Waals surface area contributed by atoms with Gasteiger partial charge in [-0.2, -0.15) is 0 Å². The Kier molecular flexibility index (Phi) is 7.64. The summed E-state index contributed by atoms with van der Waals surface area (Å²) in [5.41, 5.74) is 5.39. The maximum absolute atomic E-state index is 12.2. The van der Waals surface area contributed by atoms with Gasteiger partial charge in [0.2, 0.25) is 10.0 Å². The molecule has 0 saturated heterocycles. The molecular formula is C10H15BrCl2N2O3S. The average molecular weight is 394 g/mol. The fourth-order valence-corrected chi connectivity index (χ4v) is 3.95. The van der Waals surface area contributed by atoms with Crippen molar-refractivity contribution in [2.45, 2.75) is 17.9 Å². The molecule has 3 N–H and O–H groups in total. The van der Waals surface area contributed by atoms with Crippen LogP contribution in [0.4, 0.5) is 0 Å². The van der Waals surface area contributed by atoms with Crippen LogP contribution in [-0.4, -0.2) is 28.1 Å². The number of methoxy groups -OCH3 is 1. The molecule has 1 rings (SSSR count). The molecule has 1 atom stereocenters. The highest BCUT2D eigenvalue weighted by Gasteiger charge is 2.23. The smallest absolute Gasteiger partial charge is 0.244 e. The van der Waals surface area contributed by atoms with Crippen LogP contribution in [0.2, 0.25) is 5.02 Å². The summed E-state index contributed by atoms with van der Waals surface area (Å²) in [6.45, 7) is 1.87. The van der Waals surface area contributed by atoms with E-state index in [0.29, 0.717) is 9.50 Å². The maximum Gasteiger partial charge on any atom is 0.244 e. The van der Waals surface area contributed by atoms with Gasteiger partial charge in [-0.25, -0.2) is 13.1 Å². The number of benzene rings is 1. The van der Waals surface area contributed by atoms with Crippen LogP contribution in [0, 0.1) is 0 Å². The molecule has 0 aliphatic rings. The lowest BCUT2D eigenvalue weighted by atomic mass is 10.3. The van der Waals surface area contributed by atoms with Crippen LogP contribution in [0.1, 0.15) is 6.92 Å². The number of halogens is 3. The van der Waals surface area contributed by atoms with Crippen molar-refractivity contribution in [3.05, 3.63) is 21.6 Å². The molecule has 19 heavy (non-hydrogen) atoms. The van der Waals surface area contributed by atoms with Crippen LogP contribution >= 0.6 is 39.9 Å². The molecule has 0 aromatic heterocycles. The van der Waals surface area contributed by atoms with E-state index >= 15 is 0 Å². The SMILES string of the molecule is COc1c(Br)cc(Cl)cc1S(=O)(=O)N[C@@H](C)CN.Cl. The topological polar surface area (TPSA) is 81.4 Å². The average Bonchev–Trinajstić information content (AvgIpc) is 2.27. The molecule has 0 bridgehead atoms. The summed E-state index contributed by atoms with van der Waals surface area (Å²) < 4.78 is 32.3. The standard InChI is InChI=1S/C10H14BrClN2O3S.ClH/c1-6(5-13)14-18(15,16)9-4-7(12)3-8(11)10(9)17-2;/h3-4,6,14H,5,13H2,1-2H3;1H/t6-;/m0./s1.